The van der Waals surface area contributed by atoms with Crippen LogP contribution in [-0.2, 0) is 18.3 Å². The van der Waals surface area contributed by atoms with Crippen molar-refractivity contribution in [2.45, 2.75) is 19.4 Å². The average molecular weight is 334 g/mol. The van der Waals surface area contributed by atoms with Gasteiger partial charge in [-0.1, -0.05) is 6.92 Å². The number of nitrogens with one attached hydrogen (secondary N) is 1. The molecule has 1 heterocycles. The van der Waals surface area contributed by atoms with Crippen molar-refractivity contribution in [2.75, 3.05) is 6.54 Å². The van der Waals surface area contributed by atoms with E-state index in [4.69, 9.17) is 10.8 Å². The number of carbonyl (C=O) groups is 2. The summed E-state index contributed by atoms with van der Waals surface area (Å²) in [6, 6.07) is 2.75. The number of nitrogens with two attached hydrogens (primary N) is 1. The average Bonchev–Trinajstić information content (AvgIpc) is 2.92. The molecule has 0 saturated heterocycles. The second-order valence-electron chi connectivity index (χ2n) is 5.40. The van der Waals surface area contributed by atoms with E-state index < -0.39 is 23.7 Å². The first kappa shape index (κ1) is 17.6. The summed E-state index contributed by atoms with van der Waals surface area (Å²) in [5.41, 5.74) is 7.50. The maximum atomic E-state index is 13.9. The zero-order chi connectivity index (χ0) is 17.9. The number of carbonyl (C=O) groups excluding carboxylic acids is 1. The van der Waals surface area contributed by atoms with E-state index >= 15 is 0 Å². The Hall–Kier alpha value is -2.74. The molecule has 0 aliphatic heterocycles. The van der Waals surface area contributed by atoms with Crippen LogP contribution in [0.2, 0.25) is 0 Å². The van der Waals surface area contributed by atoms with Gasteiger partial charge in [0.2, 0.25) is 0 Å². The molecule has 8 heteroatoms. The third kappa shape index (κ3) is 3.96. The van der Waals surface area contributed by atoms with Crippen LogP contribution in [0.15, 0.2) is 24.4 Å². The number of amides is 1. The lowest BCUT2D eigenvalue weighted by molar-refractivity contribution is -0.138. The van der Waals surface area contributed by atoms with Gasteiger partial charge in [0.05, 0.1) is 5.69 Å². The first-order valence-electron chi connectivity index (χ1n) is 7.42. The van der Waals surface area contributed by atoms with E-state index in [0.29, 0.717) is 12.0 Å². The fourth-order valence-corrected chi connectivity index (χ4v) is 2.31. The van der Waals surface area contributed by atoms with E-state index in [2.05, 4.69) is 10.4 Å². The quantitative estimate of drug-likeness (QED) is 0.728. The van der Waals surface area contributed by atoms with Gasteiger partial charge in [-0.15, -0.1) is 0 Å². The van der Waals surface area contributed by atoms with E-state index in [1.165, 1.54) is 6.07 Å². The molecule has 0 saturated carbocycles. The highest BCUT2D eigenvalue weighted by Gasteiger charge is 2.16. The van der Waals surface area contributed by atoms with Crippen LogP contribution >= 0.6 is 0 Å². The maximum Gasteiger partial charge on any atom is 0.322 e. The molecule has 0 unspecified atom stereocenters. The third-order valence-corrected chi connectivity index (χ3v) is 3.51. The number of benzene rings is 1. The molecular formula is C16H19FN4O3. The Morgan fingerprint density at radius 2 is 2.12 bits per heavy atom. The van der Waals surface area contributed by atoms with Crippen LogP contribution < -0.4 is 11.1 Å². The zero-order valence-corrected chi connectivity index (χ0v) is 13.4. The summed E-state index contributed by atoms with van der Waals surface area (Å²) in [6.45, 7) is 1.69. The van der Waals surface area contributed by atoms with Gasteiger partial charge in [-0.05, 0) is 30.2 Å². The number of halogens is 1. The molecule has 128 valence electrons. The Kier molecular flexibility index (Phi) is 5.30. The van der Waals surface area contributed by atoms with Crippen LogP contribution in [0.4, 0.5) is 4.39 Å². The second-order valence-corrected chi connectivity index (χ2v) is 5.40. The molecule has 1 atom stereocenters. The molecule has 7 nitrogen and oxygen atoms in total. The van der Waals surface area contributed by atoms with E-state index in [1.807, 2.05) is 6.92 Å². The Balaban J connectivity index is 2.28. The van der Waals surface area contributed by atoms with Crippen molar-refractivity contribution in [3.8, 4) is 11.1 Å². The number of aromatic nitrogens is 2. The lowest BCUT2D eigenvalue weighted by Crippen LogP contribution is -2.42. The topological polar surface area (TPSA) is 110 Å². The number of aryl methyl sites for hydroxylation is 2. The summed E-state index contributed by atoms with van der Waals surface area (Å²) in [7, 11) is 1.77. The van der Waals surface area contributed by atoms with Gasteiger partial charge in [0, 0.05) is 30.9 Å². The van der Waals surface area contributed by atoms with Crippen LogP contribution in [0.25, 0.3) is 11.1 Å². The summed E-state index contributed by atoms with van der Waals surface area (Å²) in [4.78, 5) is 22.8. The summed E-state index contributed by atoms with van der Waals surface area (Å²) >= 11 is 0. The molecule has 1 aromatic heterocycles. The summed E-state index contributed by atoms with van der Waals surface area (Å²) in [5.74, 6) is -2.38. The molecule has 24 heavy (non-hydrogen) atoms. The Morgan fingerprint density at radius 1 is 1.42 bits per heavy atom. The van der Waals surface area contributed by atoms with E-state index in [0.717, 1.165) is 17.3 Å². The van der Waals surface area contributed by atoms with Gasteiger partial charge in [0.25, 0.3) is 5.91 Å². The highest BCUT2D eigenvalue weighted by Crippen LogP contribution is 2.25. The highest BCUT2D eigenvalue weighted by molar-refractivity contribution is 5.95. The van der Waals surface area contributed by atoms with Crippen LogP contribution in [0.5, 0.6) is 0 Å². The molecule has 0 radical (unpaired) electrons. The van der Waals surface area contributed by atoms with Gasteiger partial charge in [0.15, 0.2) is 0 Å². The molecule has 0 fully saturated rings. The molecule has 1 aromatic carbocycles. The van der Waals surface area contributed by atoms with Gasteiger partial charge in [-0.3, -0.25) is 14.3 Å². The van der Waals surface area contributed by atoms with Gasteiger partial charge in [-0.25, -0.2) is 4.39 Å². The van der Waals surface area contributed by atoms with Gasteiger partial charge >= 0.3 is 5.97 Å². The van der Waals surface area contributed by atoms with Crippen molar-refractivity contribution in [1.29, 1.82) is 0 Å². The summed E-state index contributed by atoms with van der Waals surface area (Å²) in [6.07, 6.45) is 2.43. The standard InChI is InChI=1S/C16H19FN4O3/c1-3-14-12(8-21(2)20-14)9-4-10(6-11(17)5-9)15(22)19-7-13(18)16(23)24/h4-6,8,13H,3,7,18H2,1-2H3,(H,19,22)(H,23,24)/t13-/m1/s1. The minimum atomic E-state index is -1.22. The van der Waals surface area contributed by atoms with Crippen LogP contribution in [-0.4, -0.2) is 39.4 Å². The number of carboxylic acid groups (broad SMARTS) is 1. The first-order chi connectivity index (χ1) is 11.3. The molecule has 0 spiro atoms. The predicted molar refractivity (Wildman–Crippen MR) is 85.9 cm³/mol. The molecule has 0 bridgehead atoms. The number of hydrogen-bond donors (Lipinski definition) is 3. The lowest BCUT2D eigenvalue weighted by Gasteiger charge is -2.10. The molecule has 4 N–H and O–H groups in total. The van der Waals surface area contributed by atoms with E-state index in [1.54, 1.807) is 24.0 Å². The minimum absolute atomic E-state index is 0.0912. The number of aliphatic carboxylic acids is 1. The molecule has 0 aliphatic rings. The molecule has 0 aliphatic carbocycles. The number of carboxylic acids is 1. The van der Waals surface area contributed by atoms with E-state index in [9.17, 15) is 14.0 Å². The number of hydrogen-bond acceptors (Lipinski definition) is 4. The number of nitrogens with zero attached hydrogens (tertiary/aromatic N) is 2. The highest BCUT2D eigenvalue weighted by atomic mass is 19.1. The summed E-state index contributed by atoms with van der Waals surface area (Å²) < 4.78 is 15.5. The van der Waals surface area contributed by atoms with Crippen molar-refractivity contribution < 1.29 is 19.1 Å². The second kappa shape index (κ2) is 7.22. The SMILES string of the molecule is CCc1nn(C)cc1-c1cc(F)cc(C(=O)NC[C@@H](N)C(=O)O)c1. The fourth-order valence-electron chi connectivity index (χ4n) is 2.31. The van der Waals surface area contributed by atoms with Crippen molar-refractivity contribution in [1.82, 2.24) is 15.1 Å². The van der Waals surface area contributed by atoms with Gasteiger partial charge in [-0.2, -0.15) is 5.10 Å². The van der Waals surface area contributed by atoms with Crippen molar-refractivity contribution in [3.63, 3.8) is 0 Å². The molecular weight excluding hydrogens is 315 g/mol. The van der Waals surface area contributed by atoms with Crippen molar-refractivity contribution in [2.24, 2.45) is 12.8 Å². The van der Waals surface area contributed by atoms with Crippen LogP contribution in [0.3, 0.4) is 0 Å². The minimum Gasteiger partial charge on any atom is -0.480 e. The summed E-state index contributed by atoms with van der Waals surface area (Å²) in [5, 5.41) is 15.4. The molecule has 2 aromatic rings. The maximum absolute atomic E-state index is 13.9. The Labute approximate surface area is 138 Å². The lowest BCUT2D eigenvalue weighted by atomic mass is 10.0. The normalized spacial score (nSPS) is 12.0. The van der Waals surface area contributed by atoms with Crippen molar-refractivity contribution in [3.05, 3.63) is 41.5 Å². The Morgan fingerprint density at radius 3 is 2.75 bits per heavy atom. The van der Waals surface area contributed by atoms with Crippen LogP contribution in [0.1, 0.15) is 23.0 Å². The predicted octanol–water partition coefficient (Wildman–Crippen LogP) is 0.930. The fraction of sp³-hybridized carbons (Fsp3) is 0.312. The van der Waals surface area contributed by atoms with E-state index in [-0.39, 0.29) is 12.1 Å². The Bertz CT molecular complexity index is 773. The monoisotopic (exact) mass is 334 g/mol. The van der Waals surface area contributed by atoms with Gasteiger partial charge in [0.1, 0.15) is 11.9 Å². The first-order valence-corrected chi connectivity index (χ1v) is 7.42. The van der Waals surface area contributed by atoms with Gasteiger partial charge < -0.3 is 16.2 Å². The largest absolute Gasteiger partial charge is 0.480 e. The smallest absolute Gasteiger partial charge is 0.322 e. The molecule has 1 amide bonds. The number of rotatable bonds is 6. The van der Waals surface area contributed by atoms with Crippen LogP contribution in [0, 0.1) is 5.82 Å². The third-order valence-electron chi connectivity index (χ3n) is 3.51. The molecule has 2 rings (SSSR count). The zero-order valence-electron chi connectivity index (χ0n) is 13.4. The van der Waals surface area contributed by atoms with Crippen molar-refractivity contribution >= 4 is 11.9 Å².